The third-order valence-electron chi connectivity index (χ3n) is 4.06. The first kappa shape index (κ1) is 9.75. The maximum absolute atomic E-state index is 10.8. The van der Waals surface area contributed by atoms with Gasteiger partial charge in [0.15, 0.2) is 0 Å². The lowest BCUT2D eigenvalue weighted by Crippen LogP contribution is -2.41. The molecule has 0 aliphatic heterocycles. The van der Waals surface area contributed by atoms with Crippen molar-refractivity contribution in [2.45, 2.75) is 45.4 Å². The Morgan fingerprint density at radius 2 is 2.14 bits per heavy atom. The minimum atomic E-state index is -0.754. The molecule has 2 heteroatoms. The van der Waals surface area contributed by atoms with Gasteiger partial charge in [-0.05, 0) is 43.9 Å². The molecule has 78 valence electrons. The van der Waals surface area contributed by atoms with Crippen LogP contribution in [0.1, 0.15) is 45.4 Å². The number of carboxylic acid groups (broad SMARTS) is 1. The lowest BCUT2D eigenvalue weighted by atomic mass is 9.53. The van der Waals surface area contributed by atoms with Crippen LogP contribution in [0.4, 0.5) is 0 Å². The molecule has 2 rings (SSSR count). The minimum absolute atomic E-state index is 0.278. The van der Waals surface area contributed by atoms with E-state index in [0.29, 0.717) is 5.57 Å². The van der Waals surface area contributed by atoms with Gasteiger partial charge in [0, 0.05) is 5.57 Å². The summed E-state index contributed by atoms with van der Waals surface area (Å²) in [6.07, 6.45) is 9.70. The van der Waals surface area contributed by atoms with Crippen LogP contribution in [0.2, 0.25) is 0 Å². The van der Waals surface area contributed by atoms with E-state index in [2.05, 4.69) is 0 Å². The van der Waals surface area contributed by atoms with Gasteiger partial charge in [0.05, 0.1) is 0 Å². The van der Waals surface area contributed by atoms with Crippen molar-refractivity contribution in [3.63, 3.8) is 0 Å². The summed E-state index contributed by atoms with van der Waals surface area (Å²) in [6, 6.07) is 0. The minimum Gasteiger partial charge on any atom is -0.478 e. The second kappa shape index (κ2) is 3.41. The Hall–Kier alpha value is -0.790. The van der Waals surface area contributed by atoms with Crippen LogP contribution in [0.5, 0.6) is 0 Å². The second-order valence-electron chi connectivity index (χ2n) is 4.85. The molecule has 2 aliphatic carbocycles. The predicted molar refractivity (Wildman–Crippen MR) is 55.0 cm³/mol. The van der Waals surface area contributed by atoms with E-state index in [4.69, 9.17) is 5.11 Å². The number of aliphatic carboxylic acids is 1. The average molecular weight is 194 g/mol. The molecule has 0 saturated heterocycles. The molecule has 14 heavy (non-hydrogen) atoms. The molecular weight excluding hydrogens is 176 g/mol. The van der Waals surface area contributed by atoms with E-state index in [9.17, 15) is 4.79 Å². The van der Waals surface area contributed by atoms with Crippen LogP contribution in [-0.4, -0.2) is 11.1 Å². The van der Waals surface area contributed by atoms with Gasteiger partial charge >= 0.3 is 5.97 Å². The van der Waals surface area contributed by atoms with E-state index >= 15 is 0 Å². The number of allylic oxidation sites excluding steroid dienone is 1. The normalized spacial score (nSPS) is 37.2. The third kappa shape index (κ3) is 1.47. The summed E-state index contributed by atoms with van der Waals surface area (Å²) < 4.78 is 0. The van der Waals surface area contributed by atoms with Gasteiger partial charge in [0.25, 0.3) is 0 Å². The zero-order chi connectivity index (χ0) is 10.2. The van der Waals surface area contributed by atoms with E-state index < -0.39 is 5.97 Å². The van der Waals surface area contributed by atoms with Crippen molar-refractivity contribution < 1.29 is 9.90 Å². The maximum Gasteiger partial charge on any atom is 0.330 e. The molecular formula is C12H18O2. The summed E-state index contributed by atoms with van der Waals surface area (Å²) >= 11 is 0. The number of fused-ring (bicyclic) bond motifs is 1. The Bertz CT molecular complexity index is 280. The van der Waals surface area contributed by atoms with Crippen LogP contribution in [-0.2, 0) is 4.79 Å². The first-order valence-corrected chi connectivity index (χ1v) is 5.57. The fraction of sp³-hybridized carbons (Fsp3) is 0.750. The zero-order valence-corrected chi connectivity index (χ0v) is 8.75. The van der Waals surface area contributed by atoms with E-state index in [0.717, 1.165) is 5.92 Å². The molecule has 0 bridgehead atoms. The van der Waals surface area contributed by atoms with Crippen LogP contribution in [0.15, 0.2) is 11.6 Å². The van der Waals surface area contributed by atoms with E-state index in [1.54, 1.807) is 6.92 Å². The molecule has 0 spiro atoms. The molecule has 1 N–H and O–H groups in total. The van der Waals surface area contributed by atoms with Crippen LogP contribution in [0.25, 0.3) is 0 Å². The van der Waals surface area contributed by atoms with Gasteiger partial charge in [0.1, 0.15) is 0 Å². The molecule has 0 amide bonds. The molecule has 0 aromatic heterocycles. The summed E-state index contributed by atoms with van der Waals surface area (Å²) in [5.41, 5.74) is 0.817. The standard InChI is InChI=1S/C12H18O2/c1-9(11(13)14)8-12-6-3-2-4-10(12)5-7-12/h8,10H,2-7H2,1H3,(H,13,14). The highest BCUT2D eigenvalue weighted by Gasteiger charge is 2.46. The highest BCUT2D eigenvalue weighted by Crippen LogP contribution is 2.56. The molecule has 2 fully saturated rings. The number of carbonyl (C=O) groups is 1. The predicted octanol–water partition coefficient (Wildman–Crippen LogP) is 2.99. The highest BCUT2D eigenvalue weighted by atomic mass is 16.4. The number of hydrogen-bond acceptors (Lipinski definition) is 1. The SMILES string of the molecule is CC(=CC12CCCCC1CC2)C(=O)O. The van der Waals surface area contributed by atoms with Crippen LogP contribution in [0.3, 0.4) is 0 Å². The van der Waals surface area contributed by atoms with Gasteiger partial charge < -0.3 is 5.11 Å². The van der Waals surface area contributed by atoms with Gasteiger partial charge in [-0.2, -0.15) is 0 Å². The van der Waals surface area contributed by atoms with Crippen molar-refractivity contribution in [1.29, 1.82) is 0 Å². The van der Waals surface area contributed by atoms with Crippen molar-refractivity contribution >= 4 is 5.97 Å². The molecule has 2 nitrogen and oxygen atoms in total. The summed E-state index contributed by atoms with van der Waals surface area (Å²) in [4.78, 5) is 10.8. The monoisotopic (exact) mass is 194 g/mol. The largest absolute Gasteiger partial charge is 0.478 e. The Morgan fingerprint density at radius 3 is 2.64 bits per heavy atom. The summed E-state index contributed by atoms with van der Waals surface area (Å²) in [7, 11) is 0. The van der Waals surface area contributed by atoms with Gasteiger partial charge in [-0.1, -0.05) is 18.9 Å². The fourth-order valence-corrected chi connectivity index (χ4v) is 3.08. The van der Waals surface area contributed by atoms with E-state index in [1.807, 2.05) is 6.08 Å². The molecule has 0 aromatic rings. The molecule has 0 heterocycles. The van der Waals surface area contributed by atoms with Crippen molar-refractivity contribution in [2.24, 2.45) is 11.3 Å². The van der Waals surface area contributed by atoms with Crippen LogP contribution < -0.4 is 0 Å². The lowest BCUT2D eigenvalue weighted by Gasteiger charge is -2.51. The zero-order valence-electron chi connectivity index (χ0n) is 8.75. The third-order valence-corrected chi connectivity index (χ3v) is 4.06. The summed E-state index contributed by atoms with van der Waals surface area (Å²) in [5.74, 6) is 0.0288. The van der Waals surface area contributed by atoms with E-state index in [-0.39, 0.29) is 5.41 Å². The van der Waals surface area contributed by atoms with Gasteiger partial charge in [-0.25, -0.2) is 4.79 Å². The molecule has 2 saturated carbocycles. The Kier molecular flexibility index (Phi) is 2.38. The second-order valence-corrected chi connectivity index (χ2v) is 4.85. The quantitative estimate of drug-likeness (QED) is 0.686. The highest BCUT2D eigenvalue weighted by molar-refractivity contribution is 5.85. The van der Waals surface area contributed by atoms with Crippen molar-refractivity contribution in [3.8, 4) is 0 Å². The van der Waals surface area contributed by atoms with Crippen LogP contribution in [0, 0.1) is 11.3 Å². The molecule has 2 aliphatic rings. The smallest absolute Gasteiger partial charge is 0.330 e. The molecule has 0 radical (unpaired) electrons. The van der Waals surface area contributed by atoms with Crippen molar-refractivity contribution in [3.05, 3.63) is 11.6 Å². The lowest BCUT2D eigenvalue weighted by molar-refractivity contribution is -0.132. The Morgan fingerprint density at radius 1 is 1.36 bits per heavy atom. The molecule has 0 aromatic carbocycles. The van der Waals surface area contributed by atoms with E-state index in [1.165, 1.54) is 38.5 Å². The van der Waals surface area contributed by atoms with Gasteiger partial charge in [0.2, 0.25) is 0 Å². The van der Waals surface area contributed by atoms with Gasteiger partial charge in [-0.15, -0.1) is 0 Å². The van der Waals surface area contributed by atoms with Gasteiger partial charge in [-0.3, -0.25) is 0 Å². The molecule has 2 atom stereocenters. The summed E-state index contributed by atoms with van der Waals surface area (Å²) in [5, 5.41) is 8.87. The van der Waals surface area contributed by atoms with Crippen LogP contribution >= 0.6 is 0 Å². The topological polar surface area (TPSA) is 37.3 Å². The Balaban J connectivity index is 2.15. The number of hydrogen-bond donors (Lipinski definition) is 1. The number of rotatable bonds is 2. The van der Waals surface area contributed by atoms with Crippen molar-refractivity contribution in [1.82, 2.24) is 0 Å². The van der Waals surface area contributed by atoms with Crippen molar-refractivity contribution in [2.75, 3.05) is 0 Å². The first-order valence-electron chi connectivity index (χ1n) is 5.57. The maximum atomic E-state index is 10.8. The first-order chi connectivity index (χ1) is 6.64. The number of carboxylic acids is 1. The average Bonchev–Trinajstić information content (AvgIpc) is 2.11. The Labute approximate surface area is 85.0 Å². The molecule has 2 unspecified atom stereocenters. The fourth-order valence-electron chi connectivity index (χ4n) is 3.08. The summed E-state index contributed by atoms with van der Waals surface area (Å²) in [6.45, 7) is 1.72.